The SMILES string of the molecule is CC1(C)CCc2sc(NC3CC3)nc21. The van der Waals surface area contributed by atoms with Crippen LogP contribution in [0.25, 0.3) is 0 Å². The van der Waals surface area contributed by atoms with Crippen molar-refractivity contribution in [1.29, 1.82) is 0 Å². The quantitative estimate of drug-likeness (QED) is 0.808. The Bertz CT molecular complexity index is 363. The van der Waals surface area contributed by atoms with Crippen molar-refractivity contribution in [3.63, 3.8) is 0 Å². The Morgan fingerprint density at radius 1 is 1.43 bits per heavy atom. The predicted octanol–water partition coefficient (Wildman–Crippen LogP) is 2.94. The molecule has 2 aliphatic carbocycles. The van der Waals surface area contributed by atoms with Crippen molar-refractivity contribution in [3.05, 3.63) is 10.6 Å². The van der Waals surface area contributed by atoms with Crippen LogP contribution in [0.2, 0.25) is 0 Å². The Hall–Kier alpha value is -0.570. The molecule has 1 saturated carbocycles. The topological polar surface area (TPSA) is 24.9 Å². The van der Waals surface area contributed by atoms with Crippen molar-refractivity contribution < 1.29 is 0 Å². The minimum Gasteiger partial charge on any atom is -0.359 e. The normalized spacial score (nSPS) is 23.6. The highest BCUT2D eigenvalue weighted by Crippen LogP contribution is 2.42. The molecule has 0 aromatic carbocycles. The van der Waals surface area contributed by atoms with E-state index in [1.54, 1.807) is 0 Å². The molecular weight excluding hydrogens is 192 g/mol. The van der Waals surface area contributed by atoms with Crippen LogP contribution < -0.4 is 5.32 Å². The second-order valence-corrected chi connectivity index (χ2v) is 6.18. The first kappa shape index (κ1) is 8.72. The van der Waals surface area contributed by atoms with Crippen LogP contribution in [0.1, 0.15) is 43.7 Å². The Morgan fingerprint density at radius 3 is 2.86 bits per heavy atom. The van der Waals surface area contributed by atoms with Crippen LogP contribution in [-0.2, 0) is 11.8 Å². The third-order valence-corrected chi connectivity index (χ3v) is 4.27. The van der Waals surface area contributed by atoms with Gasteiger partial charge in [0.2, 0.25) is 0 Å². The van der Waals surface area contributed by atoms with E-state index in [1.807, 2.05) is 11.3 Å². The zero-order valence-corrected chi connectivity index (χ0v) is 9.58. The van der Waals surface area contributed by atoms with Crippen molar-refractivity contribution in [3.8, 4) is 0 Å². The minimum atomic E-state index is 0.315. The summed E-state index contributed by atoms with van der Waals surface area (Å²) in [6.07, 6.45) is 5.15. The number of aryl methyl sites for hydroxylation is 1. The summed E-state index contributed by atoms with van der Waals surface area (Å²) >= 11 is 1.87. The molecule has 0 radical (unpaired) electrons. The van der Waals surface area contributed by atoms with Crippen molar-refractivity contribution in [2.75, 3.05) is 5.32 Å². The molecular formula is C11H16N2S. The second kappa shape index (κ2) is 2.72. The number of hydrogen-bond donors (Lipinski definition) is 1. The van der Waals surface area contributed by atoms with Gasteiger partial charge in [0, 0.05) is 16.3 Å². The first-order valence-electron chi connectivity index (χ1n) is 5.42. The number of thiazole rings is 1. The molecule has 0 amide bonds. The zero-order valence-electron chi connectivity index (χ0n) is 8.76. The summed E-state index contributed by atoms with van der Waals surface area (Å²) in [7, 11) is 0. The van der Waals surface area contributed by atoms with Gasteiger partial charge >= 0.3 is 0 Å². The van der Waals surface area contributed by atoms with Crippen molar-refractivity contribution in [2.45, 2.75) is 51.0 Å². The largest absolute Gasteiger partial charge is 0.359 e. The fourth-order valence-corrected chi connectivity index (χ4v) is 3.28. The molecule has 0 saturated heterocycles. The maximum atomic E-state index is 4.73. The molecule has 1 aromatic heterocycles. The van der Waals surface area contributed by atoms with Gasteiger partial charge in [-0.1, -0.05) is 13.8 Å². The molecule has 0 bridgehead atoms. The summed E-state index contributed by atoms with van der Waals surface area (Å²) < 4.78 is 0. The lowest BCUT2D eigenvalue weighted by Gasteiger charge is -2.15. The van der Waals surface area contributed by atoms with Crippen molar-refractivity contribution in [2.24, 2.45) is 0 Å². The highest BCUT2D eigenvalue weighted by Gasteiger charge is 2.34. The highest BCUT2D eigenvalue weighted by atomic mass is 32.1. The number of fused-ring (bicyclic) bond motifs is 1. The Morgan fingerprint density at radius 2 is 2.21 bits per heavy atom. The molecule has 1 N–H and O–H groups in total. The van der Waals surface area contributed by atoms with E-state index in [9.17, 15) is 0 Å². The van der Waals surface area contributed by atoms with Gasteiger partial charge in [-0.25, -0.2) is 4.98 Å². The van der Waals surface area contributed by atoms with E-state index >= 15 is 0 Å². The molecule has 76 valence electrons. The molecule has 14 heavy (non-hydrogen) atoms. The summed E-state index contributed by atoms with van der Waals surface area (Å²) in [6, 6.07) is 0.726. The summed E-state index contributed by atoms with van der Waals surface area (Å²) in [4.78, 5) is 6.24. The van der Waals surface area contributed by atoms with Gasteiger partial charge in [-0.15, -0.1) is 11.3 Å². The molecule has 0 aliphatic heterocycles. The second-order valence-electron chi connectivity index (χ2n) is 5.09. The Kier molecular flexibility index (Phi) is 1.69. The van der Waals surface area contributed by atoms with Crippen LogP contribution in [0.5, 0.6) is 0 Å². The smallest absolute Gasteiger partial charge is 0.183 e. The Balaban J connectivity index is 1.89. The number of aromatic nitrogens is 1. The van der Waals surface area contributed by atoms with E-state index < -0.39 is 0 Å². The predicted molar refractivity (Wildman–Crippen MR) is 60.1 cm³/mol. The highest BCUT2D eigenvalue weighted by molar-refractivity contribution is 7.15. The monoisotopic (exact) mass is 208 g/mol. The van der Waals surface area contributed by atoms with E-state index in [0.29, 0.717) is 5.41 Å². The van der Waals surface area contributed by atoms with Gasteiger partial charge in [-0.2, -0.15) is 0 Å². The number of rotatable bonds is 2. The van der Waals surface area contributed by atoms with E-state index in [-0.39, 0.29) is 0 Å². The van der Waals surface area contributed by atoms with Gasteiger partial charge in [0.15, 0.2) is 5.13 Å². The van der Waals surface area contributed by atoms with Gasteiger partial charge in [0.05, 0.1) is 5.69 Å². The molecule has 0 atom stereocenters. The maximum absolute atomic E-state index is 4.73. The molecule has 3 heteroatoms. The van der Waals surface area contributed by atoms with Crippen LogP contribution >= 0.6 is 11.3 Å². The summed E-state index contributed by atoms with van der Waals surface area (Å²) in [5.74, 6) is 0. The third-order valence-electron chi connectivity index (χ3n) is 3.22. The van der Waals surface area contributed by atoms with Crippen LogP contribution in [0.3, 0.4) is 0 Å². The molecule has 0 unspecified atom stereocenters. The van der Waals surface area contributed by atoms with Crippen LogP contribution in [-0.4, -0.2) is 11.0 Å². The van der Waals surface area contributed by atoms with Gasteiger partial charge < -0.3 is 5.32 Å². The zero-order chi connectivity index (χ0) is 9.76. The number of anilines is 1. The molecule has 2 aliphatic rings. The van der Waals surface area contributed by atoms with Crippen molar-refractivity contribution in [1.82, 2.24) is 4.98 Å². The summed E-state index contributed by atoms with van der Waals surface area (Å²) in [5.41, 5.74) is 1.67. The van der Waals surface area contributed by atoms with E-state index in [2.05, 4.69) is 19.2 Å². The van der Waals surface area contributed by atoms with Crippen LogP contribution in [0.15, 0.2) is 0 Å². The average molecular weight is 208 g/mol. The summed E-state index contributed by atoms with van der Waals surface area (Å²) in [6.45, 7) is 4.61. The average Bonchev–Trinajstić information content (AvgIpc) is 2.73. The molecule has 2 nitrogen and oxygen atoms in total. The van der Waals surface area contributed by atoms with E-state index in [4.69, 9.17) is 4.98 Å². The van der Waals surface area contributed by atoms with Gasteiger partial charge in [-0.3, -0.25) is 0 Å². The van der Waals surface area contributed by atoms with Crippen molar-refractivity contribution >= 4 is 16.5 Å². The number of hydrogen-bond acceptors (Lipinski definition) is 3. The van der Waals surface area contributed by atoms with Gasteiger partial charge in [0.1, 0.15) is 0 Å². The van der Waals surface area contributed by atoms with Crippen LogP contribution in [0, 0.1) is 0 Å². The maximum Gasteiger partial charge on any atom is 0.183 e. The fourth-order valence-electron chi connectivity index (χ4n) is 2.06. The number of nitrogens with one attached hydrogen (secondary N) is 1. The standard InChI is InChI=1S/C11H16N2S/c1-11(2)6-5-8-9(11)13-10(14-8)12-7-3-4-7/h7H,3-6H2,1-2H3,(H,12,13). The first-order valence-corrected chi connectivity index (χ1v) is 6.23. The molecule has 0 spiro atoms. The van der Waals surface area contributed by atoms with Crippen LogP contribution in [0.4, 0.5) is 5.13 Å². The molecule has 1 heterocycles. The lowest BCUT2D eigenvalue weighted by atomic mass is 9.91. The van der Waals surface area contributed by atoms with E-state index in [1.165, 1.54) is 36.3 Å². The molecule has 3 rings (SSSR count). The lowest BCUT2D eigenvalue weighted by molar-refractivity contribution is 0.510. The third kappa shape index (κ3) is 1.34. The van der Waals surface area contributed by atoms with Gasteiger partial charge in [0.25, 0.3) is 0 Å². The van der Waals surface area contributed by atoms with Gasteiger partial charge in [-0.05, 0) is 25.7 Å². The Labute approximate surface area is 88.7 Å². The molecule has 1 aromatic rings. The summed E-state index contributed by atoms with van der Waals surface area (Å²) in [5, 5.41) is 4.65. The number of nitrogens with zero attached hydrogens (tertiary/aromatic N) is 1. The first-order chi connectivity index (χ1) is 6.65. The molecule has 1 fully saturated rings. The lowest BCUT2D eigenvalue weighted by Crippen LogP contribution is -2.13. The van der Waals surface area contributed by atoms with E-state index in [0.717, 1.165) is 11.2 Å². The minimum absolute atomic E-state index is 0.315. The fraction of sp³-hybridized carbons (Fsp3) is 0.727.